The highest BCUT2D eigenvalue weighted by Gasteiger charge is 2.18. The summed E-state index contributed by atoms with van der Waals surface area (Å²) >= 11 is 0. The second kappa shape index (κ2) is 17.5. The van der Waals surface area contributed by atoms with E-state index in [2.05, 4.69) is 197 Å². The smallest absolute Gasteiger partial charge is 0.0227 e. The average Bonchev–Trinajstić information content (AvgIpc) is 2.82. The van der Waals surface area contributed by atoms with Crippen LogP contribution in [-0.2, 0) is 38.5 Å². The summed E-state index contributed by atoms with van der Waals surface area (Å²) in [6.07, 6.45) is 6.96. The van der Waals surface area contributed by atoms with Gasteiger partial charge in [-0.25, -0.2) is 0 Å². The van der Waals surface area contributed by atoms with Gasteiger partial charge in [0.2, 0.25) is 0 Å². The van der Waals surface area contributed by atoms with Gasteiger partial charge in [-0.3, -0.25) is 0 Å². The number of hydrogen-bond donors (Lipinski definition) is 0. The lowest BCUT2D eigenvalue weighted by Gasteiger charge is -2.24. The highest BCUT2D eigenvalue weighted by Crippen LogP contribution is 2.28. The van der Waals surface area contributed by atoms with Gasteiger partial charge in [-0.05, 0) is 104 Å². The molecule has 0 aliphatic heterocycles. The third-order valence-corrected chi connectivity index (χ3v) is 7.51. The fourth-order valence-corrected chi connectivity index (χ4v) is 6.12. The molecular formula is C48H78. The van der Waals surface area contributed by atoms with E-state index in [-0.39, 0.29) is 0 Å². The maximum Gasteiger partial charge on any atom is -0.0227 e. The molecule has 0 bridgehead atoms. The SMILES string of the molecule is CC(C)(C)Cc1ccc(CC(C)(C)C)cc1.CC(C)(C)Cc1cccc(CC(C)(C)C)c1.CC(C)(C)Cc1ccccc1CC(C)(C)C. The van der Waals surface area contributed by atoms with Crippen LogP contribution in [0.5, 0.6) is 0 Å². The molecule has 0 spiro atoms. The van der Waals surface area contributed by atoms with Crippen LogP contribution in [0.1, 0.15) is 158 Å². The zero-order valence-corrected chi connectivity index (χ0v) is 35.2. The Morgan fingerprint density at radius 2 is 0.521 bits per heavy atom. The Morgan fingerprint density at radius 3 is 0.771 bits per heavy atom. The van der Waals surface area contributed by atoms with E-state index in [0.29, 0.717) is 32.5 Å². The molecule has 0 atom stereocenters. The Bertz CT molecular complexity index is 1220. The first kappa shape index (κ1) is 43.7. The maximum atomic E-state index is 2.37. The minimum absolute atomic E-state index is 0.369. The van der Waals surface area contributed by atoms with Crippen LogP contribution < -0.4 is 0 Å². The summed E-state index contributed by atoms with van der Waals surface area (Å²) in [6, 6.07) is 27.1. The van der Waals surface area contributed by atoms with Crippen LogP contribution in [0.15, 0.2) is 72.8 Å². The van der Waals surface area contributed by atoms with E-state index < -0.39 is 0 Å². The summed E-state index contributed by atoms with van der Waals surface area (Å²) < 4.78 is 0. The van der Waals surface area contributed by atoms with Crippen LogP contribution in [0.2, 0.25) is 0 Å². The largest absolute Gasteiger partial charge is 0.0620 e. The molecule has 0 N–H and O–H groups in total. The molecule has 0 saturated carbocycles. The zero-order chi connectivity index (χ0) is 37.2. The second-order valence-corrected chi connectivity index (χ2v) is 21.8. The van der Waals surface area contributed by atoms with E-state index in [1.165, 1.54) is 46.2 Å². The zero-order valence-electron chi connectivity index (χ0n) is 35.2. The highest BCUT2D eigenvalue weighted by molar-refractivity contribution is 5.29. The fraction of sp³-hybridized carbons (Fsp3) is 0.625. The molecule has 0 nitrogen and oxygen atoms in total. The standard InChI is InChI=1S/3C16H26/c1-15(2,3)11-13-7-9-14(10-8-13)12-16(4,5)6;1-15(2,3)11-13-8-7-9-14(10-13)12-16(4,5)6;1-15(2,3)11-13-9-7-8-10-14(13)12-16(4,5)6/h3*7-10H,11-12H2,1-6H3. The van der Waals surface area contributed by atoms with Gasteiger partial charge < -0.3 is 0 Å². The Hall–Kier alpha value is -2.34. The van der Waals surface area contributed by atoms with E-state index in [0.717, 1.165) is 25.7 Å². The van der Waals surface area contributed by atoms with Gasteiger partial charge in [0.15, 0.2) is 0 Å². The second-order valence-electron chi connectivity index (χ2n) is 21.8. The van der Waals surface area contributed by atoms with Crippen molar-refractivity contribution in [3.63, 3.8) is 0 Å². The lowest BCUT2D eigenvalue weighted by atomic mass is 9.81. The van der Waals surface area contributed by atoms with Crippen molar-refractivity contribution in [3.05, 3.63) is 106 Å². The summed E-state index contributed by atoms with van der Waals surface area (Å²) in [5.41, 5.74) is 11.1. The van der Waals surface area contributed by atoms with Crippen LogP contribution in [0.25, 0.3) is 0 Å². The number of hydrogen-bond acceptors (Lipinski definition) is 0. The molecule has 0 amide bonds. The van der Waals surface area contributed by atoms with Crippen LogP contribution in [0.4, 0.5) is 0 Å². The molecule has 0 aliphatic rings. The first-order valence-electron chi connectivity index (χ1n) is 18.7. The van der Waals surface area contributed by atoms with Gasteiger partial charge in [0.05, 0.1) is 0 Å². The topological polar surface area (TPSA) is 0 Å². The van der Waals surface area contributed by atoms with E-state index in [1.54, 1.807) is 0 Å². The van der Waals surface area contributed by atoms with Gasteiger partial charge >= 0.3 is 0 Å². The molecule has 0 saturated heterocycles. The van der Waals surface area contributed by atoms with Crippen LogP contribution >= 0.6 is 0 Å². The van der Waals surface area contributed by atoms with Crippen molar-refractivity contribution >= 4 is 0 Å². The molecule has 0 radical (unpaired) electrons. The van der Waals surface area contributed by atoms with Crippen molar-refractivity contribution in [3.8, 4) is 0 Å². The molecule has 0 heteroatoms. The first-order valence-corrected chi connectivity index (χ1v) is 18.7. The minimum atomic E-state index is 0.369. The molecule has 0 aliphatic carbocycles. The molecule has 0 unspecified atom stereocenters. The van der Waals surface area contributed by atoms with Crippen LogP contribution in [-0.4, -0.2) is 0 Å². The highest BCUT2D eigenvalue weighted by atomic mass is 14.2. The van der Waals surface area contributed by atoms with Crippen molar-refractivity contribution in [2.45, 2.75) is 163 Å². The summed E-state index contributed by atoms with van der Waals surface area (Å²) in [6.45, 7) is 41.3. The van der Waals surface area contributed by atoms with E-state index in [9.17, 15) is 0 Å². The molecule has 3 aromatic rings. The Balaban J connectivity index is 0.000000360. The normalized spacial score (nSPS) is 12.9. The average molecular weight is 655 g/mol. The lowest BCUT2D eigenvalue weighted by molar-refractivity contribution is 0.392. The van der Waals surface area contributed by atoms with E-state index >= 15 is 0 Å². The lowest BCUT2D eigenvalue weighted by Crippen LogP contribution is -2.15. The maximum absolute atomic E-state index is 2.37. The van der Waals surface area contributed by atoms with Crippen molar-refractivity contribution in [1.82, 2.24) is 0 Å². The van der Waals surface area contributed by atoms with Crippen LogP contribution in [0.3, 0.4) is 0 Å². The third-order valence-electron chi connectivity index (χ3n) is 7.51. The fourth-order valence-electron chi connectivity index (χ4n) is 6.12. The van der Waals surface area contributed by atoms with Gasteiger partial charge in [-0.1, -0.05) is 197 Å². The number of benzene rings is 3. The quantitative estimate of drug-likeness (QED) is 0.248. The van der Waals surface area contributed by atoms with Gasteiger partial charge in [0.1, 0.15) is 0 Å². The van der Waals surface area contributed by atoms with Crippen molar-refractivity contribution in [2.24, 2.45) is 32.5 Å². The summed E-state index contributed by atoms with van der Waals surface area (Å²) in [5, 5.41) is 0. The minimum Gasteiger partial charge on any atom is -0.0620 e. The van der Waals surface area contributed by atoms with Gasteiger partial charge in [0.25, 0.3) is 0 Å². The summed E-state index contributed by atoms with van der Waals surface area (Å²) in [5.74, 6) is 0. The molecule has 0 aromatic heterocycles. The number of rotatable bonds is 6. The van der Waals surface area contributed by atoms with Crippen molar-refractivity contribution in [1.29, 1.82) is 0 Å². The Labute approximate surface area is 301 Å². The molecule has 3 aromatic carbocycles. The predicted octanol–water partition coefficient (Wildman–Crippen LogP) is 14.6. The molecule has 3 rings (SSSR count). The third kappa shape index (κ3) is 23.1. The van der Waals surface area contributed by atoms with Crippen molar-refractivity contribution in [2.75, 3.05) is 0 Å². The van der Waals surface area contributed by atoms with E-state index in [4.69, 9.17) is 0 Å². The van der Waals surface area contributed by atoms with Gasteiger partial charge in [-0.2, -0.15) is 0 Å². The molecular weight excluding hydrogens is 577 g/mol. The molecule has 0 fully saturated rings. The van der Waals surface area contributed by atoms with E-state index in [1.807, 2.05) is 0 Å². The van der Waals surface area contributed by atoms with Crippen LogP contribution in [0, 0.1) is 32.5 Å². The summed E-state index contributed by atoms with van der Waals surface area (Å²) in [4.78, 5) is 0. The van der Waals surface area contributed by atoms with Gasteiger partial charge in [-0.15, -0.1) is 0 Å². The predicted molar refractivity (Wildman–Crippen MR) is 218 cm³/mol. The Morgan fingerprint density at radius 1 is 0.271 bits per heavy atom. The molecule has 270 valence electrons. The van der Waals surface area contributed by atoms with Crippen molar-refractivity contribution < 1.29 is 0 Å². The summed E-state index contributed by atoms with van der Waals surface area (Å²) in [7, 11) is 0. The monoisotopic (exact) mass is 655 g/mol. The first-order chi connectivity index (χ1) is 21.5. The molecule has 0 heterocycles. The van der Waals surface area contributed by atoms with Gasteiger partial charge in [0, 0.05) is 0 Å². The Kier molecular flexibility index (Phi) is 16.0. The molecule has 48 heavy (non-hydrogen) atoms.